The molecule has 17 nitrogen and oxygen atoms in total. The van der Waals surface area contributed by atoms with Crippen molar-refractivity contribution in [2.75, 3.05) is 39.3 Å². The third kappa shape index (κ3) is 32.8. The minimum atomic E-state index is -1.57. The van der Waals surface area contributed by atoms with Crippen molar-refractivity contribution in [3.05, 3.63) is 0 Å². The van der Waals surface area contributed by atoms with Crippen LogP contribution in [0, 0.1) is 0 Å². The van der Waals surface area contributed by atoms with Crippen molar-refractivity contribution in [2.45, 2.75) is 0 Å². The van der Waals surface area contributed by atoms with Crippen molar-refractivity contribution >= 4 is 35.8 Å². The van der Waals surface area contributed by atoms with Crippen LogP contribution < -0.4 is 49.1 Å². The molecular formula is C12H24FeN5O12. The van der Waals surface area contributed by atoms with Crippen molar-refractivity contribution in [3.63, 3.8) is 0 Å². The molecule has 0 aromatic rings. The molecule has 0 fully saturated rings. The normalized spacial score (nSPS) is 8.60. The van der Waals surface area contributed by atoms with Crippen LogP contribution in [0.15, 0.2) is 0 Å². The minimum Gasteiger partial charge on any atom is -0.549 e. The van der Waals surface area contributed by atoms with Gasteiger partial charge in [0.25, 0.3) is 0 Å². The summed E-state index contributed by atoms with van der Waals surface area (Å²) in [6, 6.07) is 0. The van der Waals surface area contributed by atoms with Gasteiger partial charge in [-0.15, -0.1) is 0 Å². The van der Waals surface area contributed by atoms with E-state index in [1.165, 1.54) is 0 Å². The number of hydrogen-bond acceptors (Lipinski definition) is 14. The van der Waals surface area contributed by atoms with Crippen LogP contribution >= 0.6 is 0 Å². The van der Waals surface area contributed by atoms with Crippen LogP contribution in [-0.2, 0) is 45.8 Å². The summed E-state index contributed by atoms with van der Waals surface area (Å²) in [5, 5.41) is 60.0. The Hall–Kier alpha value is -2.86. The van der Waals surface area contributed by atoms with Gasteiger partial charge in [-0.2, -0.15) is 0 Å². The van der Waals surface area contributed by atoms with Crippen LogP contribution in [0.2, 0.25) is 0 Å². The number of carboxylic acid groups (broad SMARTS) is 6. The SMILES string of the molecule is O=C([O-])CN(CC(=O)[O-])CC(=O)[O-].O=C([O-])CN(CC(=O)[O-])CC(=O)[O-].[Fe+3].[NH4+].[NH4+].[NH4+]. The Morgan fingerprint density at radius 1 is 0.400 bits per heavy atom. The van der Waals surface area contributed by atoms with Crippen LogP contribution in [0.4, 0.5) is 0 Å². The molecule has 0 saturated heterocycles. The molecule has 12 N–H and O–H groups in total. The first kappa shape index (κ1) is 41.5. The van der Waals surface area contributed by atoms with Gasteiger partial charge < -0.3 is 77.9 Å². The number of nitrogens with zero attached hydrogens (tertiary/aromatic N) is 2. The zero-order chi connectivity index (χ0) is 20.9. The fourth-order valence-corrected chi connectivity index (χ4v) is 1.43. The Balaban J connectivity index is -0.0000000847. The first-order valence-corrected chi connectivity index (χ1v) is 6.47. The molecule has 0 amide bonds. The van der Waals surface area contributed by atoms with Gasteiger partial charge >= 0.3 is 17.1 Å². The van der Waals surface area contributed by atoms with Crippen molar-refractivity contribution in [1.82, 2.24) is 28.3 Å². The first-order valence-electron chi connectivity index (χ1n) is 6.47. The molecule has 30 heavy (non-hydrogen) atoms. The van der Waals surface area contributed by atoms with E-state index in [2.05, 4.69) is 0 Å². The average Bonchev–Trinajstić information content (AvgIpc) is 2.33. The number of rotatable bonds is 12. The first-order chi connectivity index (χ1) is 11.8. The molecular weight excluding hydrogens is 462 g/mol. The molecule has 0 unspecified atom stereocenters. The average molecular weight is 486 g/mol. The van der Waals surface area contributed by atoms with Crippen molar-refractivity contribution in [1.29, 1.82) is 0 Å². The molecule has 1 radical (unpaired) electrons. The van der Waals surface area contributed by atoms with Crippen LogP contribution in [0.5, 0.6) is 0 Å². The van der Waals surface area contributed by atoms with E-state index in [0.29, 0.717) is 9.80 Å². The van der Waals surface area contributed by atoms with Crippen LogP contribution in [0.1, 0.15) is 0 Å². The quantitative estimate of drug-likeness (QED) is 0.216. The maximum absolute atomic E-state index is 9.99. The predicted molar refractivity (Wildman–Crippen MR) is 80.9 cm³/mol. The second-order valence-electron chi connectivity index (χ2n) is 4.52. The van der Waals surface area contributed by atoms with E-state index in [1.807, 2.05) is 0 Å². The van der Waals surface area contributed by atoms with Gasteiger partial charge in [0.15, 0.2) is 0 Å². The van der Waals surface area contributed by atoms with E-state index in [0.717, 1.165) is 0 Å². The number of quaternary nitrogens is 3. The Morgan fingerprint density at radius 3 is 0.567 bits per heavy atom. The van der Waals surface area contributed by atoms with Crippen LogP contribution in [-0.4, -0.2) is 84.9 Å². The fourth-order valence-electron chi connectivity index (χ4n) is 1.43. The maximum Gasteiger partial charge on any atom is 3.00 e. The minimum absolute atomic E-state index is 0. The largest absolute Gasteiger partial charge is 3.00 e. The summed E-state index contributed by atoms with van der Waals surface area (Å²) in [5.41, 5.74) is 0. The van der Waals surface area contributed by atoms with E-state index in [1.54, 1.807) is 0 Å². The molecule has 0 bridgehead atoms. The number of hydrogen-bond donors (Lipinski definition) is 3. The molecule has 0 spiro atoms. The molecule has 0 aliphatic carbocycles. The zero-order valence-corrected chi connectivity index (χ0v) is 17.5. The Kier molecular flexibility index (Phi) is 31.0. The monoisotopic (exact) mass is 486 g/mol. The summed E-state index contributed by atoms with van der Waals surface area (Å²) in [5.74, 6) is -9.40. The third-order valence-electron chi connectivity index (χ3n) is 2.12. The van der Waals surface area contributed by atoms with Crippen molar-refractivity contribution in [3.8, 4) is 0 Å². The van der Waals surface area contributed by atoms with Crippen molar-refractivity contribution < 1.29 is 76.5 Å². The van der Waals surface area contributed by atoms with Gasteiger partial charge in [-0.1, -0.05) is 0 Å². The van der Waals surface area contributed by atoms with Gasteiger partial charge in [0.05, 0.1) is 35.8 Å². The van der Waals surface area contributed by atoms with Gasteiger partial charge in [-0.05, 0) is 0 Å². The van der Waals surface area contributed by atoms with Gasteiger partial charge in [0.1, 0.15) is 0 Å². The van der Waals surface area contributed by atoms with Gasteiger partial charge in [-0.3, -0.25) is 9.80 Å². The Bertz CT molecular complexity index is 438. The molecule has 177 valence electrons. The topological polar surface area (TPSA) is 357 Å². The maximum atomic E-state index is 9.99. The molecule has 0 aromatic heterocycles. The number of aliphatic carboxylic acids is 6. The van der Waals surface area contributed by atoms with Gasteiger partial charge in [0.2, 0.25) is 0 Å². The third-order valence-corrected chi connectivity index (χ3v) is 2.12. The van der Waals surface area contributed by atoms with E-state index in [4.69, 9.17) is 0 Å². The molecule has 0 rings (SSSR count). The molecule has 18 heteroatoms. The fraction of sp³-hybridized carbons (Fsp3) is 0.500. The number of carbonyl (C=O) groups is 6. The smallest absolute Gasteiger partial charge is 0.549 e. The van der Waals surface area contributed by atoms with Gasteiger partial charge in [-0.25, -0.2) is 0 Å². The second kappa shape index (κ2) is 22.4. The Morgan fingerprint density at radius 2 is 0.500 bits per heavy atom. The van der Waals surface area contributed by atoms with E-state index < -0.39 is 75.1 Å². The summed E-state index contributed by atoms with van der Waals surface area (Å²) in [6.45, 7) is -4.74. The van der Waals surface area contributed by atoms with E-state index in [9.17, 15) is 59.4 Å². The summed E-state index contributed by atoms with van der Waals surface area (Å²) in [4.78, 5) is 61.2. The summed E-state index contributed by atoms with van der Waals surface area (Å²) < 4.78 is 0. The summed E-state index contributed by atoms with van der Waals surface area (Å²) >= 11 is 0. The van der Waals surface area contributed by atoms with Crippen LogP contribution in [0.3, 0.4) is 0 Å². The molecule has 0 saturated carbocycles. The van der Waals surface area contributed by atoms with Crippen molar-refractivity contribution in [2.24, 2.45) is 0 Å². The number of carbonyl (C=O) groups excluding carboxylic acids is 6. The zero-order valence-electron chi connectivity index (χ0n) is 16.4. The standard InChI is InChI=1S/2C6H9NO6.Fe.3H3N/c2*8-4(9)1-7(2-5(10)11)3-6(12)13;;;;/h2*1-3H2,(H,8,9)(H,10,11)(H,12,13);;3*1H3/q;;+3;;;/p-3. The molecule has 0 heterocycles. The molecule has 0 aliphatic rings. The molecule has 0 aliphatic heterocycles. The summed E-state index contributed by atoms with van der Waals surface area (Å²) in [7, 11) is 0. The second-order valence-corrected chi connectivity index (χ2v) is 4.52. The van der Waals surface area contributed by atoms with E-state index in [-0.39, 0.29) is 35.5 Å². The number of carboxylic acids is 6. The Labute approximate surface area is 180 Å². The van der Waals surface area contributed by atoms with Gasteiger partial charge in [0, 0.05) is 39.3 Å². The molecule has 0 aromatic carbocycles. The van der Waals surface area contributed by atoms with E-state index >= 15 is 0 Å². The summed E-state index contributed by atoms with van der Waals surface area (Å²) in [6.07, 6.45) is 0. The predicted octanol–water partition coefficient (Wildman–Crippen LogP) is -9.80. The molecule has 0 atom stereocenters. The van der Waals surface area contributed by atoms with Crippen LogP contribution in [0.25, 0.3) is 0 Å².